The largest absolute Gasteiger partial charge is 0.419 e. The number of hydrogen-bond donors (Lipinski definition) is 0. The number of nitrogens with zero attached hydrogens (tertiary/aromatic N) is 5. The Labute approximate surface area is 206 Å². The Morgan fingerprint density at radius 1 is 0.970 bits per heavy atom. The van der Waals surface area contributed by atoms with E-state index < -0.39 is 0 Å². The molecule has 0 atom stereocenters. The summed E-state index contributed by atoms with van der Waals surface area (Å²) in [5.41, 5.74) is 4.89. The Morgan fingerprint density at radius 2 is 1.64 bits per heavy atom. The molecule has 0 N–H and O–H groups in total. The third-order valence-corrected chi connectivity index (χ3v) is 7.28. The molecule has 6 rings (SSSR count). The van der Waals surface area contributed by atoms with E-state index in [9.17, 15) is 4.79 Å². The van der Waals surface area contributed by atoms with Crippen LogP contribution in [0.5, 0.6) is 0 Å². The molecule has 0 spiro atoms. The van der Waals surface area contributed by atoms with Crippen molar-refractivity contribution >= 4 is 55.7 Å². The number of benzene rings is 1. The van der Waals surface area contributed by atoms with Crippen molar-refractivity contribution < 1.29 is 9.21 Å². The van der Waals surface area contributed by atoms with Crippen LogP contribution < -0.4 is 0 Å². The molecule has 33 heavy (non-hydrogen) atoms. The summed E-state index contributed by atoms with van der Waals surface area (Å²) >= 11 is 10.2. The predicted molar refractivity (Wildman–Crippen MR) is 132 cm³/mol. The maximum Gasteiger partial charge on any atom is 0.267 e. The average Bonchev–Trinajstić information content (AvgIpc) is 3.51. The van der Waals surface area contributed by atoms with Crippen LogP contribution in [-0.4, -0.2) is 35.3 Å². The van der Waals surface area contributed by atoms with Gasteiger partial charge in [0.1, 0.15) is 10.9 Å². The van der Waals surface area contributed by atoms with Crippen molar-refractivity contribution in [3.63, 3.8) is 0 Å². The standard InChI is InChI=1S/C23H12BrN5O2S2/c24-13-7-5-12(6-8-13)21-28-27-16(31-21)11-29-22(30)20(33-23(29)32)17-14-3-1-9-25-18(14)19-15(17)4-2-10-26-19/h1-10H,11H2. The molecule has 1 fully saturated rings. The molecule has 10 heteroatoms. The van der Waals surface area contributed by atoms with E-state index in [1.165, 1.54) is 16.7 Å². The summed E-state index contributed by atoms with van der Waals surface area (Å²) in [6, 6.07) is 15.2. The van der Waals surface area contributed by atoms with Crippen molar-refractivity contribution in [2.45, 2.75) is 6.54 Å². The first kappa shape index (κ1) is 20.4. The molecule has 0 unspecified atom stereocenters. The van der Waals surface area contributed by atoms with Crippen LogP contribution in [0.15, 0.2) is 74.7 Å². The molecule has 1 saturated heterocycles. The van der Waals surface area contributed by atoms with Gasteiger partial charge in [-0.25, -0.2) is 0 Å². The van der Waals surface area contributed by atoms with Gasteiger partial charge in [-0.05, 0) is 36.4 Å². The second-order valence-corrected chi connectivity index (χ2v) is 9.83. The van der Waals surface area contributed by atoms with Gasteiger partial charge < -0.3 is 4.42 Å². The van der Waals surface area contributed by atoms with Crippen molar-refractivity contribution in [2.24, 2.45) is 0 Å². The summed E-state index contributed by atoms with van der Waals surface area (Å²) in [7, 11) is 0. The molecule has 1 aromatic carbocycles. The third-order valence-electron chi connectivity index (χ3n) is 5.31. The Balaban J connectivity index is 1.34. The monoisotopic (exact) mass is 533 g/mol. The molecular formula is C23H12BrN5O2S2. The summed E-state index contributed by atoms with van der Waals surface area (Å²) in [5.74, 6) is 0.498. The molecule has 0 radical (unpaired) electrons. The first-order chi connectivity index (χ1) is 16.1. The highest BCUT2D eigenvalue weighted by Crippen LogP contribution is 2.48. The van der Waals surface area contributed by atoms with E-state index in [0.29, 0.717) is 21.0 Å². The number of hydrogen-bond acceptors (Lipinski definition) is 8. The van der Waals surface area contributed by atoms with Crippen molar-refractivity contribution in [1.82, 2.24) is 25.1 Å². The minimum Gasteiger partial charge on any atom is -0.419 e. The first-order valence-electron chi connectivity index (χ1n) is 9.87. The number of amides is 1. The van der Waals surface area contributed by atoms with Gasteiger partial charge in [-0.2, -0.15) is 0 Å². The molecule has 4 heterocycles. The maximum absolute atomic E-state index is 13.5. The molecular weight excluding hydrogens is 522 g/mol. The molecule has 7 nitrogen and oxygen atoms in total. The zero-order valence-corrected chi connectivity index (χ0v) is 19.9. The van der Waals surface area contributed by atoms with E-state index in [1.807, 2.05) is 48.5 Å². The number of aromatic nitrogens is 4. The van der Waals surface area contributed by atoms with Crippen molar-refractivity contribution in [3.8, 4) is 22.8 Å². The van der Waals surface area contributed by atoms with Crippen LogP contribution in [-0.2, 0) is 11.3 Å². The second-order valence-electron chi connectivity index (χ2n) is 7.27. The van der Waals surface area contributed by atoms with E-state index in [2.05, 4.69) is 36.1 Å². The number of carbonyl (C=O) groups excluding carboxylic acids is 1. The lowest BCUT2D eigenvalue weighted by atomic mass is 10.1. The van der Waals surface area contributed by atoms with Crippen molar-refractivity contribution in [3.05, 3.63) is 87.3 Å². The van der Waals surface area contributed by atoms with Gasteiger partial charge in [0.05, 0.1) is 16.3 Å². The number of halogens is 1. The van der Waals surface area contributed by atoms with Gasteiger partial charge in [-0.3, -0.25) is 19.7 Å². The number of carbonyl (C=O) groups is 1. The predicted octanol–water partition coefficient (Wildman–Crippen LogP) is 5.09. The van der Waals surface area contributed by atoms with Crippen molar-refractivity contribution in [1.29, 1.82) is 0 Å². The molecule has 160 valence electrons. The van der Waals surface area contributed by atoms with Crippen LogP contribution >= 0.6 is 39.9 Å². The third kappa shape index (κ3) is 3.41. The average molecular weight is 534 g/mol. The zero-order valence-electron chi connectivity index (χ0n) is 16.7. The summed E-state index contributed by atoms with van der Waals surface area (Å²) in [6.45, 7) is 0.102. The normalized spacial score (nSPS) is 14.8. The lowest BCUT2D eigenvalue weighted by molar-refractivity contribution is -0.122. The molecule has 4 aromatic rings. The molecule has 1 aliphatic heterocycles. The number of pyridine rings is 2. The Bertz CT molecular complexity index is 1430. The van der Waals surface area contributed by atoms with Crippen LogP contribution in [0.2, 0.25) is 0 Å². The van der Waals surface area contributed by atoms with Crippen LogP contribution in [0.1, 0.15) is 17.0 Å². The van der Waals surface area contributed by atoms with E-state index in [4.69, 9.17) is 16.6 Å². The fourth-order valence-corrected chi connectivity index (χ4v) is 5.44. The fourth-order valence-electron chi connectivity index (χ4n) is 3.83. The smallest absolute Gasteiger partial charge is 0.267 e. The SMILES string of the molecule is O=C1C(=C2c3cccnc3-c3ncccc32)SC(=S)N1Cc1nnc(-c2ccc(Br)cc2)o1. The fraction of sp³-hybridized carbons (Fsp3) is 0.0435. The molecule has 3 aromatic heterocycles. The quantitative estimate of drug-likeness (QED) is 0.234. The minimum absolute atomic E-state index is 0.102. The van der Waals surface area contributed by atoms with Crippen LogP contribution in [0, 0.1) is 0 Å². The van der Waals surface area contributed by atoms with E-state index in [-0.39, 0.29) is 12.5 Å². The lowest BCUT2D eigenvalue weighted by Gasteiger charge is -2.11. The van der Waals surface area contributed by atoms with E-state index in [1.54, 1.807) is 12.4 Å². The maximum atomic E-state index is 13.5. The highest BCUT2D eigenvalue weighted by Gasteiger charge is 2.39. The Morgan fingerprint density at radius 3 is 2.30 bits per heavy atom. The van der Waals surface area contributed by atoms with Crippen LogP contribution in [0.25, 0.3) is 28.4 Å². The molecule has 0 bridgehead atoms. The Hall–Kier alpha value is -3.21. The number of thioether (sulfide) groups is 1. The van der Waals surface area contributed by atoms with E-state index in [0.717, 1.165) is 38.1 Å². The topological polar surface area (TPSA) is 85.0 Å². The lowest BCUT2D eigenvalue weighted by Crippen LogP contribution is -2.27. The van der Waals surface area contributed by atoms with Crippen LogP contribution in [0.4, 0.5) is 0 Å². The van der Waals surface area contributed by atoms with Gasteiger partial charge in [-0.15, -0.1) is 10.2 Å². The number of thiocarbonyl (C=S) groups is 1. The van der Waals surface area contributed by atoms with E-state index >= 15 is 0 Å². The number of fused-ring (bicyclic) bond motifs is 3. The summed E-state index contributed by atoms with van der Waals surface area (Å²) in [6.07, 6.45) is 3.45. The summed E-state index contributed by atoms with van der Waals surface area (Å²) in [4.78, 5) is 24.5. The number of rotatable bonds is 3. The Kier molecular flexibility index (Phi) is 4.93. The van der Waals surface area contributed by atoms with Gasteiger partial charge in [0.2, 0.25) is 11.8 Å². The summed E-state index contributed by atoms with van der Waals surface area (Å²) in [5, 5.41) is 8.23. The molecule has 1 amide bonds. The minimum atomic E-state index is -0.199. The van der Waals surface area contributed by atoms with Gasteiger partial charge in [-0.1, -0.05) is 52.0 Å². The summed E-state index contributed by atoms with van der Waals surface area (Å²) < 4.78 is 7.20. The van der Waals surface area contributed by atoms with Crippen LogP contribution in [0.3, 0.4) is 0 Å². The van der Waals surface area contributed by atoms with Crippen molar-refractivity contribution in [2.75, 3.05) is 0 Å². The zero-order chi connectivity index (χ0) is 22.5. The molecule has 0 saturated carbocycles. The molecule has 2 aliphatic rings. The molecule has 1 aliphatic carbocycles. The second kappa shape index (κ2) is 7.98. The van der Waals surface area contributed by atoms with Gasteiger partial charge in [0, 0.05) is 39.1 Å². The first-order valence-corrected chi connectivity index (χ1v) is 11.9. The highest BCUT2D eigenvalue weighted by atomic mass is 79.9. The van der Waals surface area contributed by atoms with Gasteiger partial charge in [0.15, 0.2) is 0 Å². The van der Waals surface area contributed by atoms with Gasteiger partial charge >= 0.3 is 0 Å². The highest BCUT2D eigenvalue weighted by molar-refractivity contribution is 9.10. The van der Waals surface area contributed by atoms with Gasteiger partial charge in [0.25, 0.3) is 5.91 Å².